The lowest BCUT2D eigenvalue weighted by atomic mass is 9.81. The summed E-state index contributed by atoms with van der Waals surface area (Å²) in [6, 6.07) is 4.50. The van der Waals surface area contributed by atoms with Crippen LogP contribution in [0.1, 0.15) is 41.6 Å². The Morgan fingerprint density at radius 2 is 1.65 bits per heavy atom. The Morgan fingerprint density at radius 1 is 1.10 bits per heavy atom. The van der Waals surface area contributed by atoms with Gasteiger partial charge in [0, 0.05) is 24.3 Å². The van der Waals surface area contributed by atoms with Crippen molar-refractivity contribution in [2.45, 2.75) is 37.8 Å². The van der Waals surface area contributed by atoms with E-state index in [1.54, 1.807) is 0 Å². The molecule has 0 aliphatic heterocycles. The van der Waals surface area contributed by atoms with E-state index in [4.69, 9.17) is 0 Å². The van der Waals surface area contributed by atoms with E-state index in [1.807, 2.05) is 0 Å². The molecule has 0 radical (unpaired) electrons. The third-order valence-corrected chi connectivity index (χ3v) is 3.59. The molecule has 1 aromatic carbocycles. The van der Waals surface area contributed by atoms with Gasteiger partial charge in [-0.15, -0.1) is 0 Å². The van der Waals surface area contributed by atoms with Crippen LogP contribution in [0.25, 0.3) is 0 Å². The molecule has 0 atom stereocenters. The summed E-state index contributed by atoms with van der Waals surface area (Å²) in [5.41, 5.74) is -1.42. The molecule has 20 heavy (non-hydrogen) atoms. The van der Waals surface area contributed by atoms with E-state index in [1.165, 1.54) is 12.1 Å². The fourth-order valence-corrected chi connectivity index (χ4v) is 2.47. The van der Waals surface area contributed by atoms with E-state index in [0.29, 0.717) is 0 Å². The molecule has 0 bridgehead atoms. The Hall–Kier alpha value is -1.46. The van der Waals surface area contributed by atoms with Gasteiger partial charge >= 0.3 is 6.18 Å². The van der Waals surface area contributed by atoms with Crippen LogP contribution in [0.5, 0.6) is 0 Å². The molecule has 1 nitrogen and oxygen atoms in total. The fourth-order valence-electron chi connectivity index (χ4n) is 2.47. The molecule has 0 unspecified atom stereocenters. The largest absolute Gasteiger partial charge is 0.417 e. The van der Waals surface area contributed by atoms with Crippen molar-refractivity contribution in [3.63, 3.8) is 0 Å². The summed E-state index contributed by atoms with van der Waals surface area (Å²) in [4.78, 5) is 12.1. The van der Waals surface area contributed by atoms with Crippen molar-refractivity contribution in [1.29, 1.82) is 0 Å². The van der Waals surface area contributed by atoms with Gasteiger partial charge in [0.2, 0.25) is 5.92 Å². The van der Waals surface area contributed by atoms with Gasteiger partial charge < -0.3 is 0 Å². The third-order valence-electron chi connectivity index (χ3n) is 3.59. The van der Waals surface area contributed by atoms with Crippen LogP contribution in [0.2, 0.25) is 0 Å². The molecule has 2 rings (SSSR count). The highest BCUT2D eigenvalue weighted by Crippen LogP contribution is 2.39. The fraction of sp³-hybridized carbons (Fsp3) is 0.500. The van der Waals surface area contributed by atoms with Gasteiger partial charge in [-0.2, -0.15) is 13.2 Å². The van der Waals surface area contributed by atoms with Crippen LogP contribution in [-0.2, 0) is 6.18 Å². The molecule has 0 amide bonds. The molecular formula is C14H13F5O. The van der Waals surface area contributed by atoms with Crippen molar-refractivity contribution in [1.82, 2.24) is 0 Å². The number of carbonyl (C=O) groups is 1. The second-order valence-corrected chi connectivity index (χ2v) is 5.04. The topological polar surface area (TPSA) is 17.1 Å². The molecule has 0 spiro atoms. The minimum Gasteiger partial charge on any atom is -0.294 e. The number of rotatable bonds is 2. The number of carbonyl (C=O) groups excluding carboxylic acids is 1. The third kappa shape index (κ3) is 3.16. The summed E-state index contributed by atoms with van der Waals surface area (Å²) in [7, 11) is 0. The van der Waals surface area contributed by atoms with Gasteiger partial charge in [-0.25, -0.2) is 8.78 Å². The lowest BCUT2D eigenvalue weighted by molar-refractivity contribution is -0.138. The standard InChI is InChI=1S/C14H13F5O/c15-13(16)7-5-9(6-8-13)12(20)10-3-1-2-4-11(10)14(17,18)19/h1-4,9H,5-8H2. The van der Waals surface area contributed by atoms with Crippen LogP contribution in [0, 0.1) is 5.92 Å². The zero-order valence-corrected chi connectivity index (χ0v) is 10.5. The van der Waals surface area contributed by atoms with Gasteiger partial charge in [-0.05, 0) is 18.9 Å². The van der Waals surface area contributed by atoms with Gasteiger partial charge in [-0.1, -0.05) is 18.2 Å². The van der Waals surface area contributed by atoms with Crippen LogP contribution in [-0.4, -0.2) is 11.7 Å². The molecule has 0 heterocycles. The van der Waals surface area contributed by atoms with Crippen molar-refractivity contribution >= 4 is 5.78 Å². The summed E-state index contributed by atoms with van der Waals surface area (Å²) in [5, 5.41) is 0. The molecule has 1 aliphatic carbocycles. The highest BCUT2D eigenvalue weighted by molar-refractivity contribution is 5.99. The number of Topliss-reactive ketones (excluding diaryl/α,β-unsaturated/α-hetero) is 1. The van der Waals surface area contributed by atoms with E-state index in [2.05, 4.69) is 0 Å². The van der Waals surface area contributed by atoms with Gasteiger partial charge in [0.05, 0.1) is 5.56 Å². The lowest BCUT2D eigenvalue weighted by Crippen LogP contribution is -2.29. The van der Waals surface area contributed by atoms with Crippen molar-refractivity contribution < 1.29 is 26.7 Å². The number of halogens is 5. The van der Waals surface area contributed by atoms with Gasteiger partial charge in [0.15, 0.2) is 5.78 Å². The summed E-state index contributed by atoms with van der Waals surface area (Å²) < 4.78 is 64.5. The second-order valence-electron chi connectivity index (χ2n) is 5.04. The number of alkyl halides is 5. The molecular weight excluding hydrogens is 279 g/mol. The van der Waals surface area contributed by atoms with Crippen LogP contribution >= 0.6 is 0 Å². The van der Waals surface area contributed by atoms with E-state index in [0.717, 1.165) is 12.1 Å². The first kappa shape index (κ1) is 14.9. The number of benzene rings is 1. The maximum Gasteiger partial charge on any atom is 0.417 e. The van der Waals surface area contributed by atoms with Crippen molar-refractivity contribution in [2.24, 2.45) is 5.92 Å². The quantitative estimate of drug-likeness (QED) is 0.569. The predicted octanol–water partition coefficient (Wildman–Crippen LogP) is 4.71. The smallest absolute Gasteiger partial charge is 0.294 e. The first-order chi connectivity index (χ1) is 9.21. The SMILES string of the molecule is O=C(c1ccccc1C(F)(F)F)C1CCC(F)(F)CC1. The Morgan fingerprint density at radius 3 is 2.20 bits per heavy atom. The van der Waals surface area contributed by atoms with Gasteiger partial charge in [0.1, 0.15) is 0 Å². The summed E-state index contributed by atoms with van der Waals surface area (Å²) in [6.45, 7) is 0. The van der Waals surface area contributed by atoms with E-state index < -0.39 is 47.8 Å². The second kappa shape index (κ2) is 5.14. The van der Waals surface area contributed by atoms with Gasteiger partial charge in [0.25, 0.3) is 0 Å². The molecule has 6 heteroatoms. The molecule has 1 aromatic rings. The Balaban J connectivity index is 2.23. The van der Waals surface area contributed by atoms with Crippen LogP contribution < -0.4 is 0 Å². The molecule has 1 aliphatic rings. The lowest BCUT2D eigenvalue weighted by Gasteiger charge is -2.27. The molecule has 0 N–H and O–H groups in total. The maximum absolute atomic E-state index is 13.0. The number of hydrogen-bond donors (Lipinski definition) is 0. The first-order valence-corrected chi connectivity index (χ1v) is 6.29. The minimum absolute atomic E-state index is 0.0714. The van der Waals surface area contributed by atoms with Crippen molar-refractivity contribution in [3.05, 3.63) is 35.4 Å². The van der Waals surface area contributed by atoms with E-state index >= 15 is 0 Å². The van der Waals surface area contributed by atoms with Gasteiger partial charge in [-0.3, -0.25) is 4.79 Å². The molecule has 110 valence electrons. The monoisotopic (exact) mass is 292 g/mol. The minimum atomic E-state index is -4.62. The first-order valence-electron chi connectivity index (χ1n) is 6.29. The number of ketones is 1. The molecule has 0 aromatic heterocycles. The highest BCUT2D eigenvalue weighted by Gasteiger charge is 2.40. The summed E-state index contributed by atoms with van der Waals surface area (Å²) in [6.07, 6.45) is -5.66. The van der Waals surface area contributed by atoms with Crippen molar-refractivity contribution in [3.8, 4) is 0 Å². The van der Waals surface area contributed by atoms with E-state index in [9.17, 15) is 26.7 Å². The predicted molar refractivity (Wildman–Crippen MR) is 62.7 cm³/mol. The van der Waals surface area contributed by atoms with E-state index in [-0.39, 0.29) is 12.8 Å². The maximum atomic E-state index is 13.0. The Labute approximate surface area is 112 Å². The average Bonchev–Trinajstić information content (AvgIpc) is 2.37. The zero-order valence-electron chi connectivity index (χ0n) is 10.5. The van der Waals surface area contributed by atoms with Crippen LogP contribution in [0.3, 0.4) is 0 Å². The molecule has 1 saturated carbocycles. The molecule has 0 saturated heterocycles. The Kier molecular flexibility index (Phi) is 3.84. The summed E-state index contributed by atoms with van der Waals surface area (Å²) >= 11 is 0. The van der Waals surface area contributed by atoms with Crippen LogP contribution in [0.4, 0.5) is 22.0 Å². The Bertz CT molecular complexity index is 497. The number of hydrogen-bond acceptors (Lipinski definition) is 1. The zero-order chi connectivity index (χ0) is 15.0. The van der Waals surface area contributed by atoms with Crippen LogP contribution in [0.15, 0.2) is 24.3 Å². The normalized spacial score (nSPS) is 19.9. The summed E-state index contributed by atoms with van der Waals surface area (Å²) in [5.74, 6) is -4.24. The molecule has 1 fully saturated rings. The average molecular weight is 292 g/mol. The van der Waals surface area contributed by atoms with Crippen molar-refractivity contribution in [2.75, 3.05) is 0 Å². The highest BCUT2D eigenvalue weighted by atomic mass is 19.4.